The number of hydrogen-bond acceptors (Lipinski definition) is 2. The van der Waals surface area contributed by atoms with Crippen LogP contribution in [0, 0.1) is 13.8 Å². The normalized spacial score (nSPS) is 20.7. The number of nitrogens with zero attached hydrogens (tertiary/aromatic N) is 1. The Hall–Kier alpha value is -1.35. The van der Waals surface area contributed by atoms with E-state index in [2.05, 4.69) is 36.9 Å². The number of rotatable bonds is 3. The van der Waals surface area contributed by atoms with Crippen LogP contribution < -0.4 is 0 Å². The van der Waals surface area contributed by atoms with Crippen LogP contribution in [0.5, 0.6) is 0 Å². The zero-order valence-corrected chi connectivity index (χ0v) is 10.4. The third-order valence-electron chi connectivity index (χ3n) is 3.50. The number of carboxylic acids is 1. The Morgan fingerprint density at radius 1 is 1.47 bits per heavy atom. The Bertz CT molecular complexity index is 428. The van der Waals surface area contributed by atoms with Gasteiger partial charge >= 0.3 is 5.97 Å². The highest BCUT2D eigenvalue weighted by molar-refractivity contribution is 5.69. The predicted octanol–water partition coefficient (Wildman–Crippen LogP) is 2.52. The number of benzene rings is 1. The first-order valence-corrected chi connectivity index (χ1v) is 6.11. The number of aliphatic carboxylic acids is 1. The molecular weight excluding hydrogens is 214 g/mol. The summed E-state index contributed by atoms with van der Waals surface area (Å²) in [5.74, 6) is -0.734. The molecule has 0 radical (unpaired) electrons. The van der Waals surface area contributed by atoms with E-state index < -0.39 is 5.97 Å². The maximum absolute atomic E-state index is 10.8. The average molecular weight is 233 g/mol. The molecule has 0 amide bonds. The van der Waals surface area contributed by atoms with Gasteiger partial charge in [0.15, 0.2) is 0 Å². The molecule has 1 N–H and O–H groups in total. The highest BCUT2D eigenvalue weighted by Crippen LogP contribution is 2.33. The second kappa shape index (κ2) is 4.88. The average Bonchev–Trinajstić information content (AvgIpc) is 2.69. The first kappa shape index (κ1) is 12.1. The quantitative estimate of drug-likeness (QED) is 0.872. The van der Waals surface area contributed by atoms with Crippen molar-refractivity contribution in [2.45, 2.75) is 32.7 Å². The van der Waals surface area contributed by atoms with Gasteiger partial charge in [-0.15, -0.1) is 0 Å². The molecule has 2 rings (SSSR count). The number of aryl methyl sites for hydroxylation is 2. The SMILES string of the molecule is Cc1ccc(C)c(C2CCCN2CC(=O)O)c1. The zero-order chi connectivity index (χ0) is 12.4. The van der Waals surface area contributed by atoms with Crippen molar-refractivity contribution in [2.24, 2.45) is 0 Å². The smallest absolute Gasteiger partial charge is 0.317 e. The van der Waals surface area contributed by atoms with Crippen molar-refractivity contribution < 1.29 is 9.90 Å². The second-order valence-corrected chi connectivity index (χ2v) is 4.88. The Morgan fingerprint density at radius 3 is 2.94 bits per heavy atom. The first-order valence-electron chi connectivity index (χ1n) is 6.11. The van der Waals surface area contributed by atoms with E-state index in [1.165, 1.54) is 16.7 Å². The van der Waals surface area contributed by atoms with Crippen molar-refractivity contribution in [1.82, 2.24) is 4.90 Å². The molecule has 1 atom stereocenters. The molecule has 0 saturated carbocycles. The number of carbonyl (C=O) groups is 1. The van der Waals surface area contributed by atoms with E-state index in [0.29, 0.717) is 0 Å². The molecule has 1 unspecified atom stereocenters. The maximum Gasteiger partial charge on any atom is 0.317 e. The van der Waals surface area contributed by atoms with Gasteiger partial charge in [0.25, 0.3) is 0 Å². The lowest BCUT2D eigenvalue weighted by Gasteiger charge is -2.24. The molecule has 3 heteroatoms. The zero-order valence-electron chi connectivity index (χ0n) is 10.4. The molecule has 17 heavy (non-hydrogen) atoms. The lowest BCUT2D eigenvalue weighted by molar-refractivity contribution is -0.138. The summed E-state index contributed by atoms with van der Waals surface area (Å²) >= 11 is 0. The second-order valence-electron chi connectivity index (χ2n) is 4.88. The van der Waals surface area contributed by atoms with E-state index in [9.17, 15) is 4.79 Å². The molecule has 92 valence electrons. The molecule has 1 aromatic rings. The van der Waals surface area contributed by atoms with Gasteiger partial charge in [-0.1, -0.05) is 23.8 Å². The van der Waals surface area contributed by atoms with Crippen LogP contribution in [0.1, 0.15) is 35.6 Å². The van der Waals surface area contributed by atoms with Gasteiger partial charge in [0.1, 0.15) is 0 Å². The molecule has 1 heterocycles. The lowest BCUT2D eigenvalue weighted by atomic mass is 9.97. The Balaban J connectivity index is 2.25. The molecule has 0 aromatic heterocycles. The van der Waals surface area contributed by atoms with Crippen molar-refractivity contribution in [3.63, 3.8) is 0 Å². The third-order valence-corrected chi connectivity index (χ3v) is 3.50. The van der Waals surface area contributed by atoms with Gasteiger partial charge in [-0.3, -0.25) is 9.69 Å². The van der Waals surface area contributed by atoms with E-state index in [-0.39, 0.29) is 12.6 Å². The standard InChI is InChI=1S/C14H19NO2/c1-10-5-6-11(2)12(8-10)13-4-3-7-15(13)9-14(16)17/h5-6,8,13H,3-4,7,9H2,1-2H3,(H,16,17). The van der Waals surface area contributed by atoms with Crippen molar-refractivity contribution in [3.05, 3.63) is 34.9 Å². The van der Waals surface area contributed by atoms with Crippen molar-refractivity contribution in [3.8, 4) is 0 Å². The molecule has 0 aliphatic carbocycles. The number of hydrogen-bond donors (Lipinski definition) is 1. The Labute approximate surface area is 102 Å². The summed E-state index contributed by atoms with van der Waals surface area (Å²) in [5.41, 5.74) is 3.80. The molecule has 1 saturated heterocycles. The van der Waals surface area contributed by atoms with Crippen LogP contribution in [-0.2, 0) is 4.79 Å². The molecule has 1 aromatic carbocycles. The van der Waals surface area contributed by atoms with E-state index in [0.717, 1.165) is 19.4 Å². The minimum Gasteiger partial charge on any atom is -0.480 e. The highest BCUT2D eigenvalue weighted by atomic mass is 16.4. The molecule has 1 aliphatic heterocycles. The van der Waals surface area contributed by atoms with E-state index >= 15 is 0 Å². The van der Waals surface area contributed by atoms with E-state index in [1.807, 2.05) is 0 Å². The van der Waals surface area contributed by atoms with Crippen LogP contribution in [-0.4, -0.2) is 29.1 Å². The minimum atomic E-state index is -0.734. The molecule has 1 fully saturated rings. The Kier molecular flexibility index (Phi) is 3.48. The molecule has 3 nitrogen and oxygen atoms in total. The first-order chi connectivity index (χ1) is 8.08. The van der Waals surface area contributed by atoms with E-state index in [1.54, 1.807) is 0 Å². The topological polar surface area (TPSA) is 40.5 Å². The maximum atomic E-state index is 10.8. The van der Waals surface area contributed by atoms with E-state index in [4.69, 9.17) is 5.11 Å². The summed E-state index contributed by atoms with van der Waals surface area (Å²) < 4.78 is 0. The molecule has 0 bridgehead atoms. The Morgan fingerprint density at radius 2 is 2.24 bits per heavy atom. The van der Waals surface area contributed by atoms with Gasteiger partial charge in [-0.25, -0.2) is 0 Å². The van der Waals surface area contributed by atoms with Crippen LogP contribution in [0.3, 0.4) is 0 Å². The van der Waals surface area contributed by atoms with Gasteiger partial charge in [0.05, 0.1) is 6.54 Å². The van der Waals surface area contributed by atoms with Crippen molar-refractivity contribution >= 4 is 5.97 Å². The van der Waals surface area contributed by atoms with Gasteiger partial charge in [0.2, 0.25) is 0 Å². The summed E-state index contributed by atoms with van der Waals surface area (Å²) in [6.45, 7) is 5.23. The van der Waals surface area contributed by atoms with Gasteiger partial charge in [-0.05, 0) is 44.4 Å². The lowest BCUT2D eigenvalue weighted by Crippen LogP contribution is -2.29. The van der Waals surface area contributed by atoms with Crippen molar-refractivity contribution in [2.75, 3.05) is 13.1 Å². The minimum absolute atomic E-state index is 0.151. The third kappa shape index (κ3) is 2.67. The summed E-state index contributed by atoms with van der Waals surface area (Å²) in [6.07, 6.45) is 2.16. The van der Waals surface area contributed by atoms with Gasteiger partial charge in [0, 0.05) is 6.04 Å². The number of carboxylic acid groups (broad SMARTS) is 1. The fourth-order valence-corrected chi connectivity index (χ4v) is 2.66. The fraction of sp³-hybridized carbons (Fsp3) is 0.500. The fourth-order valence-electron chi connectivity index (χ4n) is 2.66. The molecule has 1 aliphatic rings. The molecular formula is C14H19NO2. The highest BCUT2D eigenvalue weighted by Gasteiger charge is 2.28. The summed E-state index contributed by atoms with van der Waals surface area (Å²) in [5, 5.41) is 8.92. The van der Waals surface area contributed by atoms with Gasteiger partial charge < -0.3 is 5.11 Å². The molecule has 0 spiro atoms. The van der Waals surface area contributed by atoms with Gasteiger partial charge in [-0.2, -0.15) is 0 Å². The summed E-state index contributed by atoms with van der Waals surface area (Å²) in [4.78, 5) is 12.9. The van der Waals surface area contributed by atoms with Crippen LogP contribution in [0.4, 0.5) is 0 Å². The summed E-state index contributed by atoms with van der Waals surface area (Å²) in [6, 6.07) is 6.71. The summed E-state index contributed by atoms with van der Waals surface area (Å²) in [7, 11) is 0. The largest absolute Gasteiger partial charge is 0.480 e. The van der Waals surface area contributed by atoms with Crippen LogP contribution >= 0.6 is 0 Å². The monoisotopic (exact) mass is 233 g/mol. The van der Waals surface area contributed by atoms with Crippen molar-refractivity contribution in [1.29, 1.82) is 0 Å². The van der Waals surface area contributed by atoms with Crippen LogP contribution in [0.2, 0.25) is 0 Å². The number of likely N-dealkylation sites (tertiary alicyclic amines) is 1. The predicted molar refractivity (Wildman–Crippen MR) is 67.1 cm³/mol. The van der Waals surface area contributed by atoms with Crippen LogP contribution in [0.25, 0.3) is 0 Å². The van der Waals surface area contributed by atoms with Crippen LogP contribution in [0.15, 0.2) is 18.2 Å².